The maximum absolute atomic E-state index is 12.9. The van der Waals surface area contributed by atoms with Gasteiger partial charge in [-0.15, -0.1) is 0 Å². The lowest BCUT2D eigenvalue weighted by atomic mass is 9.72. The number of carbonyl (C=O) groups is 1. The predicted molar refractivity (Wildman–Crippen MR) is 116 cm³/mol. The number of hydrogen-bond acceptors (Lipinski definition) is 6. The highest BCUT2D eigenvalue weighted by Crippen LogP contribution is 2.43. The molecular formula is C24H34F3N2O4. The summed E-state index contributed by atoms with van der Waals surface area (Å²) in [5.41, 5.74) is -1.94. The van der Waals surface area contributed by atoms with Crippen molar-refractivity contribution < 1.29 is 32.2 Å². The first-order valence-corrected chi connectivity index (χ1v) is 11.7. The van der Waals surface area contributed by atoms with Gasteiger partial charge in [0.25, 0.3) is 0 Å². The first-order valence-electron chi connectivity index (χ1n) is 11.7. The van der Waals surface area contributed by atoms with E-state index in [1.54, 1.807) is 7.11 Å². The van der Waals surface area contributed by atoms with Crippen LogP contribution in [0.5, 0.6) is 5.88 Å². The number of halogens is 3. The van der Waals surface area contributed by atoms with Gasteiger partial charge in [0, 0.05) is 31.8 Å². The monoisotopic (exact) mass is 471 g/mol. The molecule has 2 aliphatic heterocycles. The number of fused-ring (bicyclic) bond motifs is 3. The molecule has 5 atom stereocenters. The molecule has 6 nitrogen and oxygen atoms in total. The number of aromatic nitrogens is 1. The normalized spacial score (nSPS) is 27.9. The maximum atomic E-state index is 12.9. The van der Waals surface area contributed by atoms with Crippen molar-refractivity contribution in [2.75, 3.05) is 13.7 Å². The van der Waals surface area contributed by atoms with Gasteiger partial charge in [-0.05, 0) is 38.2 Å². The smallest absolute Gasteiger partial charge is 0.417 e. The van der Waals surface area contributed by atoms with E-state index in [0.29, 0.717) is 25.9 Å². The number of hydrogen-bond donors (Lipinski definition) is 1. The molecule has 3 aliphatic rings. The molecule has 1 N–H and O–H groups in total. The topological polar surface area (TPSA) is 69.7 Å². The molecule has 1 radical (unpaired) electrons. The van der Waals surface area contributed by atoms with Gasteiger partial charge in [-0.25, -0.2) is 4.98 Å². The number of piperidine rings is 2. The van der Waals surface area contributed by atoms with Gasteiger partial charge in [-0.3, -0.25) is 10.1 Å². The molecule has 185 valence electrons. The molecule has 0 amide bonds. The van der Waals surface area contributed by atoms with Crippen molar-refractivity contribution in [3.05, 3.63) is 30.8 Å². The third kappa shape index (κ3) is 6.38. The van der Waals surface area contributed by atoms with Gasteiger partial charge in [0.05, 0.1) is 18.1 Å². The highest BCUT2D eigenvalue weighted by Gasteiger charge is 2.56. The Morgan fingerprint density at radius 2 is 2.12 bits per heavy atom. The highest BCUT2D eigenvalue weighted by molar-refractivity contribution is 5.73. The fourth-order valence-electron chi connectivity index (χ4n) is 4.71. The Hall–Kier alpha value is -1.87. The van der Waals surface area contributed by atoms with Crippen LogP contribution in [0.3, 0.4) is 0 Å². The summed E-state index contributed by atoms with van der Waals surface area (Å²) in [5.74, 6) is -0.603. The third-order valence-corrected chi connectivity index (χ3v) is 6.62. The molecule has 3 heterocycles. The first kappa shape index (κ1) is 25.7. The maximum Gasteiger partial charge on any atom is 0.417 e. The lowest BCUT2D eigenvalue weighted by molar-refractivity contribution is -0.212. The lowest BCUT2D eigenvalue weighted by Gasteiger charge is -2.54. The molecule has 1 aromatic heterocycles. The van der Waals surface area contributed by atoms with Gasteiger partial charge in [-0.1, -0.05) is 32.6 Å². The zero-order valence-corrected chi connectivity index (χ0v) is 19.3. The largest absolute Gasteiger partial charge is 0.469 e. The summed E-state index contributed by atoms with van der Waals surface area (Å²) in [6.07, 6.45) is 2.46. The minimum Gasteiger partial charge on any atom is -0.469 e. The quantitative estimate of drug-likeness (QED) is 0.365. The fraction of sp³-hybridized carbons (Fsp3) is 0.708. The van der Waals surface area contributed by atoms with Crippen molar-refractivity contribution in [3.8, 4) is 5.88 Å². The van der Waals surface area contributed by atoms with Crippen LogP contribution in [0.4, 0.5) is 13.2 Å². The summed E-state index contributed by atoms with van der Waals surface area (Å²) in [6.45, 7) is 6.58. The van der Waals surface area contributed by atoms with Crippen LogP contribution in [0.1, 0.15) is 63.9 Å². The number of carbonyl (C=O) groups excluding carboxylic acids is 1. The number of alkyl halides is 3. The van der Waals surface area contributed by atoms with E-state index < -0.39 is 35.5 Å². The summed E-state index contributed by atoms with van der Waals surface area (Å²) < 4.78 is 55.9. The van der Waals surface area contributed by atoms with E-state index in [1.807, 2.05) is 0 Å². The van der Waals surface area contributed by atoms with Crippen LogP contribution in [0.25, 0.3) is 0 Å². The molecule has 3 fully saturated rings. The predicted octanol–water partition coefficient (Wildman–Crippen LogP) is 4.93. The summed E-state index contributed by atoms with van der Waals surface area (Å²) in [7, 11) is 1.62. The van der Waals surface area contributed by atoms with Gasteiger partial charge in [-0.2, -0.15) is 13.2 Å². The Kier molecular flexibility index (Phi) is 8.61. The minimum atomic E-state index is -4.47. The number of nitrogens with one attached hydrogen (secondary N) is 1. The second-order valence-corrected chi connectivity index (χ2v) is 9.09. The number of rotatable bonds is 11. The third-order valence-electron chi connectivity index (χ3n) is 6.62. The highest BCUT2D eigenvalue weighted by atomic mass is 19.4. The molecule has 2 bridgehead atoms. The number of pyridine rings is 1. The number of ether oxygens (including phenoxy) is 3. The second kappa shape index (κ2) is 11.0. The summed E-state index contributed by atoms with van der Waals surface area (Å²) >= 11 is 0. The number of unbranched alkanes of at least 4 members (excludes halogenated alkanes) is 3. The van der Waals surface area contributed by atoms with Crippen molar-refractivity contribution in [1.82, 2.24) is 10.3 Å². The molecule has 1 aromatic rings. The lowest BCUT2D eigenvalue weighted by Crippen LogP contribution is -2.72. The van der Waals surface area contributed by atoms with Crippen LogP contribution in [0.15, 0.2) is 18.3 Å². The number of methoxy groups -OCH3 is 1. The molecule has 1 aliphatic carbocycles. The van der Waals surface area contributed by atoms with E-state index in [2.05, 4.69) is 24.1 Å². The van der Waals surface area contributed by atoms with Crippen molar-refractivity contribution in [2.24, 2.45) is 11.8 Å². The minimum absolute atomic E-state index is 0.00946. The standard InChI is InChI=1S/C24H34F3N2O4/c1-4-5-6-7-8-16(2)22(30)33-23-12-11-17(19(29-23)15-31-3)13-20(23)32-21-10-9-18(14-28-21)24(25,26)27/h9-10,14,16-17,19-20,29H,2,4-8,11-13,15H2,1,3H3/t16?,17-,19-,20-,23+/m1/s1. The molecule has 0 spiro atoms. The SMILES string of the molecule is [CH2]C(CCCCCC)C(=O)O[C@@]12CC[C@H](C[C@H]1Oc1ccc(C(F)(F)F)cn1)[C@@H](COC)N2. The van der Waals surface area contributed by atoms with Crippen LogP contribution < -0.4 is 10.1 Å². The first-order chi connectivity index (χ1) is 15.7. The van der Waals surface area contributed by atoms with E-state index in [1.165, 1.54) is 6.07 Å². The van der Waals surface area contributed by atoms with Crippen LogP contribution in [0, 0.1) is 18.8 Å². The molecule has 0 aromatic carbocycles. The molecule has 1 saturated carbocycles. The Balaban J connectivity index is 1.73. The van der Waals surface area contributed by atoms with Gasteiger partial charge in [0.2, 0.25) is 11.6 Å². The van der Waals surface area contributed by atoms with Crippen LogP contribution in [0.2, 0.25) is 0 Å². The second-order valence-electron chi connectivity index (χ2n) is 9.09. The van der Waals surface area contributed by atoms with Gasteiger partial charge < -0.3 is 14.2 Å². The van der Waals surface area contributed by atoms with E-state index in [-0.39, 0.29) is 17.8 Å². The van der Waals surface area contributed by atoms with Crippen LogP contribution in [-0.2, 0) is 20.4 Å². The molecule has 1 unspecified atom stereocenters. The molecule has 4 rings (SSSR count). The number of esters is 1. The van der Waals surface area contributed by atoms with Gasteiger partial charge in [0.1, 0.15) is 0 Å². The van der Waals surface area contributed by atoms with Crippen molar-refractivity contribution in [2.45, 2.75) is 82.3 Å². The Labute approximate surface area is 193 Å². The Morgan fingerprint density at radius 3 is 2.76 bits per heavy atom. The summed E-state index contributed by atoms with van der Waals surface area (Å²) in [4.78, 5) is 16.8. The van der Waals surface area contributed by atoms with E-state index in [0.717, 1.165) is 44.4 Å². The Morgan fingerprint density at radius 1 is 1.33 bits per heavy atom. The molecular weight excluding hydrogens is 437 g/mol. The van der Waals surface area contributed by atoms with Gasteiger partial charge in [0.15, 0.2) is 6.10 Å². The van der Waals surface area contributed by atoms with Crippen molar-refractivity contribution >= 4 is 5.97 Å². The summed E-state index contributed by atoms with van der Waals surface area (Å²) in [5, 5.41) is 3.41. The van der Waals surface area contributed by atoms with Gasteiger partial charge >= 0.3 is 12.1 Å². The van der Waals surface area contributed by atoms with Crippen molar-refractivity contribution in [3.63, 3.8) is 0 Å². The average molecular weight is 472 g/mol. The van der Waals surface area contributed by atoms with E-state index in [4.69, 9.17) is 14.2 Å². The molecule has 33 heavy (non-hydrogen) atoms. The zero-order valence-electron chi connectivity index (χ0n) is 19.3. The van der Waals surface area contributed by atoms with Crippen LogP contribution in [-0.4, -0.2) is 42.5 Å². The van der Waals surface area contributed by atoms with E-state index >= 15 is 0 Å². The average Bonchev–Trinajstić information content (AvgIpc) is 2.77. The zero-order chi connectivity index (χ0) is 24.1. The fourth-order valence-corrected chi connectivity index (χ4v) is 4.71. The van der Waals surface area contributed by atoms with Crippen LogP contribution >= 0.6 is 0 Å². The Bertz CT molecular complexity index is 774. The van der Waals surface area contributed by atoms with E-state index in [9.17, 15) is 18.0 Å². The van der Waals surface area contributed by atoms with Crippen molar-refractivity contribution in [1.29, 1.82) is 0 Å². The summed E-state index contributed by atoms with van der Waals surface area (Å²) in [6, 6.07) is 2.13. The number of nitrogens with zero attached hydrogens (tertiary/aromatic N) is 1. The molecule has 9 heteroatoms. The molecule has 2 saturated heterocycles.